The second kappa shape index (κ2) is 5.56. The van der Waals surface area contributed by atoms with Gasteiger partial charge >= 0.3 is 0 Å². The van der Waals surface area contributed by atoms with Crippen molar-refractivity contribution in [2.24, 2.45) is 4.99 Å². The zero-order valence-corrected chi connectivity index (χ0v) is 8.05. The molecule has 0 unspecified atom stereocenters. The SMILES string of the molecule is CN/C(=N\CC=O)NC1CCCC1. The summed E-state index contributed by atoms with van der Waals surface area (Å²) in [5.74, 6) is 0.735. The Hall–Kier alpha value is -1.06. The third-order valence-electron chi connectivity index (χ3n) is 2.26. The van der Waals surface area contributed by atoms with Crippen molar-refractivity contribution in [2.75, 3.05) is 13.6 Å². The molecule has 0 saturated heterocycles. The maximum atomic E-state index is 10.1. The fourth-order valence-electron chi connectivity index (χ4n) is 1.59. The number of rotatable bonds is 3. The van der Waals surface area contributed by atoms with Crippen molar-refractivity contribution >= 4 is 12.2 Å². The summed E-state index contributed by atoms with van der Waals surface area (Å²) in [7, 11) is 1.81. The predicted molar refractivity (Wildman–Crippen MR) is 52.8 cm³/mol. The van der Waals surface area contributed by atoms with E-state index in [4.69, 9.17) is 0 Å². The molecule has 1 aliphatic rings. The molecule has 0 aliphatic heterocycles. The van der Waals surface area contributed by atoms with E-state index in [9.17, 15) is 4.79 Å². The van der Waals surface area contributed by atoms with Gasteiger partial charge in [0.1, 0.15) is 6.29 Å². The lowest BCUT2D eigenvalue weighted by atomic mass is 10.2. The molecule has 1 saturated carbocycles. The van der Waals surface area contributed by atoms with Gasteiger partial charge < -0.3 is 15.4 Å². The van der Waals surface area contributed by atoms with Crippen LogP contribution in [0.25, 0.3) is 0 Å². The minimum absolute atomic E-state index is 0.232. The number of guanidine groups is 1. The van der Waals surface area contributed by atoms with Crippen LogP contribution in [0.1, 0.15) is 25.7 Å². The number of carbonyl (C=O) groups excluding carboxylic acids is 1. The molecule has 0 amide bonds. The zero-order chi connectivity index (χ0) is 9.52. The van der Waals surface area contributed by atoms with Gasteiger partial charge in [-0.3, -0.25) is 0 Å². The third kappa shape index (κ3) is 3.44. The number of aliphatic imine (C=N–C) groups is 1. The van der Waals surface area contributed by atoms with E-state index in [1.165, 1.54) is 25.7 Å². The first-order valence-electron chi connectivity index (χ1n) is 4.79. The first-order chi connectivity index (χ1) is 6.36. The summed E-state index contributed by atoms with van der Waals surface area (Å²) in [6.45, 7) is 0.232. The summed E-state index contributed by atoms with van der Waals surface area (Å²) in [6.07, 6.45) is 5.81. The van der Waals surface area contributed by atoms with Gasteiger partial charge in [-0.25, -0.2) is 4.99 Å². The molecule has 0 spiro atoms. The fraction of sp³-hybridized carbons (Fsp3) is 0.778. The summed E-state index contributed by atoms with van der Waals surface area (Å²) in [6, 6.07) is 0.540. The molecule has 13 heavy (non-hydrogen) atoms. The van der Waals surface area contributed by atoms with Crippen LogP contribution in [-0.2, 0) is 4.79 Å². The standard InChI is InChI=1S/C9H17N3O/c1-10-9(11-6-7-13)12-8-4-2-3-5-8/h7-8H,2-6H2,1H3,(H2,10,11,12). The summed E-state index contributed by atoms with van der Waals surface area (Å²) in [5, 5.41) is 6.22. The number of nitrogens with one attached hydrogen (secondary N) is 2. The van der Waals surface area contributed by atoms with E-state index in [1.807, 2.05) is 7.05 Å². The van der Waals surface area contributed by atoms with E-state index >= 15 is 0 Å². The van der Waals surface area contributed by atoms with Crippen LogP contribution in [0.2, 0.25) is 0 Å². The van der Waals surface area contributed by atoms with Gasteiger partial charge in [0.15, 0.2) is 5.96 Å². The molecule has 0 aromatic heterocycles. The molecule has 0 atom stereocenters. The highest BCUT2D eigenvalue weighted by atomic mass is 16.1. The maximum Gasteiger partial charge on any atom is 0.191 e. The third-order valence-corrected chi connectivity index (χ3v) is 2.26. The van der Waals surface area contributed by atoms with E-state index < -0.39 is 0 Å². The molecule has 2 N–H and O–H groups in total. The Morgan fingerprint density at radius 2 is 2.23 bits per heavy atom. The van der Waals surface area contributed by atoms with Crippen molar-refractivity contribution in [1.82, 2.24) is 10.6 Å². The second-order valence-corrected chi connectivity index (χ2v) is 3.23. The van der Waals surface area contributed by atoms with Crippen LogP contribution in [0.3, 0.4) is 0 Å². The zero-order valence-electron chi connectivity index (χ0n) is 8.05. The molecule has 74 valence electrons. The Labute approximate surface area is 78.8 Å². The summed E-state index contributed by atoms with van der Waals surface area (Å²) >= 11 is 0. The summed E-state index contributed by atoms with van der Waals surface area (Å²) < 4.78 is 0. The largest absolute Gasteiger partial charge is 0.359 e. The van der Waals surface area contributed by atoms with E-state index in [0.717, 1.165) is 12.2 Å². The molecule has 0 radical (unpaired) electrons. The second-order valence-electron chi connectivity index (χ2n) is 3.23. The number of nitrogens with zero attached hydrogens (tertiary/aromatic N) is 1. The summed E-state index contributed by atoms with van der Waals surface area (Å²) in [4.78, 5) is 14.2. The van der Waals surface area contributed by atoms with Gasteiger partial charge in [-0.2, -0.15) is 0 Å². The highest BCUT2D eigenvalue weighted by Crippen LogP contribution is 2.17. The number of hydrogen-bond acceptors (Lipinski definition) is 2. The van der Waals surface area contributed by atoms with Gasteiger partial charge in [0.25, 0.3) is 0 Å². The van der Waals surface area contributed by atoms with Crippen molar-refractivity contribution in [3.8, 4) is 0 Å². The summed E-state index contributed by atoms with van der Waals surface area (Å²) in [5.41, 5.74) is 0. The Kier molecular flexibility index (Phi) is 4.29. The van der Waals surface area contributed by atoms with Crippen molar-refractivity contribution in [3.05, 3.63) is 0 Å². The van der Waals surface area contributed by atoms with E-state index in [-0.39, 0.29) is 6.54 Å². The molecular formula is C9H17N3O. The Morgan fingerprint density at radius 1 is 1.54 bits per heavy atom. The number of carbonyl (C=O) groups is 1. The average Bonchev–Trinajstić information content (AvgIpc) is 2.64. The Morgan fingerprint density at radius 3 is 2.77 bits per heavy atom. The molecule has 0 aromatic carbocycles. The molecule has 1 aliphatic carbocycles. The van der Waals surface area contributed by atoms with Crippen LogP contribution in [0.15, 0.2) is 4.99 Å². The Balaban J connectivity index is 2.33. The molecule has 4 heteroatoms. The fourth-order valence-corrected chi connectivity index (χ4v) is 1.59. The van der Waals surface area contributed by atoms with Gasteiger partial charge in [0.05, 0.1) is 6.54 Å². The van der Waals surface area contributed by atoms with Crippen LogP contribution in [-0.4, -0.2) is 31.9 Å². The van der Waals surface area contributed by atoms with Crippen LogP contribution in [0.5, 0.6) is 0 Å². The first-order valence-corrected chi connectivity index (χ1v) is 4.79. The molecule has 0 heterocycles. The minimum atomic E-state index is 0.232. The van der Waals surface area contributed by atoms with Gasteiger partial charge in [-0.15, -0.1) is 0 Å². The topological polar surface area (TPSA) is 53.5 Å². The molecule has 1 rings (SSSR count). The van der Waals surface area contributed by atoms with Crippen LogP contribution >= 0.6 is 0 Å². The Bertz CT molecular complexity index is 185. The lowest BCUT2D eigenvalue weighted by Gasteiger charge is -2.14. The highest BCUT2D eigenvalue weighted by molar-refractivity contribution is 5.81. The van der Waals surface area contributed by atoms with E-state index in [0.29, 0.717) is 6.04 Å². The molecule has 4 nitrogen and oxygen atoms in total. The van der Waals surface area contributed by atoms with Crippen LogP contribution < -0.4 is 10.6 Å². The maximum absolute atomic E-state index is 10.1. The first kappa shape index (κ1) is 10.0. The molecule has 0 bridgehead atoms. The lowest BCUT2D eigenvalue weighted by molar-refractivity contribution is -0.106. The van der Waals surface area contributed by atoms with Crippen molar-refractivity contribution in [2.45, 2.75) is 31.7 Å². The van der Waals surface area contributed by atoms with Crippen LogP contribution in [0.4, 0.5) is 0 Å². The van der Waals surface area contributed by atoms with Crippen molar-refractivity contribution in [3.63, 3.8) is 0 Å². The van der Waals surface area contributed by atoms with Crippen molar-refractivity contribution in [1.29, 1.82) is 0 Å². The number of aldehydes is 1. The monoisotopic (exact) mass is 183 g/mol. The van der Waals surface area contributed by atoms with Crippen molar-refractivity contribution < 1.29 is 4.79 Å². The smallest absolute Gasteiger partial charge is 0.191 e. The quantitative estimate of drug-likeness (QED) is 0.376. The normalized spacial score (nSPS) is 18.7. The van der Waals surface area contributed by atoms with E-state index in [2.05, 4.69) is 15.6 Å². The van der Waals surface area contributed by atoms with Crippen LogP contribution in [0, 0.1) is 0 Å². The number of hydrogen-bond donors (Lipinski definition) is 2. The minimum Gasteiger partial charge on any atom is -0.359 e. The average molecular weight is 183 g/mol. The van der Waals surface area contributed by atoms with Gasteiger partial charge in [-0.05, 0) is 12.8 Å². The molecule has 0 aromatic rings. The van der Waals surface area contributed by atoms with Gasteiger partial charge in [-0.1, -0.05) is 12.8 Å². The van der Waals surface area contributed by atoms with E-state index in [1.54, 1.807) is 0 Å². The molecule has 1 fully saturated rings. The van der Waals surface area contributed by atoms with Gasteiger partial charge in [0.2, 0.25) is 0 Å². The van der Waals surface area contributed by atoms with Gasteiger partial charge in [0, 0.05) is 13.1 Å². The highest BCUT2D eigenvalue weighted by Gasteiger charge is 2.15. The molecular weight excluding hydrogens is 166 g/mol. The lowest BCUT2D eigenvalue weighted by Crippen LogP contribution is -2.40. The predicted octanol–water partition coefficient (Wildman–Crippen LogP) is 0.293.